The quantitative estimate of drug-likeness (QED) is 0.520. The Kier molecular flexibility index (Phi) is 7.37. The Morgan fingerprint density at radius 1 is 1.23 bits per heavy atom. The Hall–Kier alpha value is -0.900. The van der Waals surface area contributed by atoms with Crippen molar-refractivity contribution >= 4 is 0 Å². The molecule has 3 rings (SSSR count). The highest BCUT2D eigenvalue weighted by molar-refractivity contribution is 5.38. The van der Waals surface area contributed by atoms with Crippen LogP contribution in [0.2, 0.25) is 0 Å². The number of hydrogen-bond donors (Lipinski definition) is 3. The van der Waals surface area contributed by atoms with Crippen LogP contribution in [0.4, 0.5) is 0 Å². The van der Waals surface area contributed by atoms with Crippen LogP contribution in [0.25, 0.3) is 0 Å². The number of allylic oxidation sites excluding steroid dienone is 3. The predicted octanol–water partition coefficient (Wildman–Crippen LogP) is 5.70. The predicted molar refractivity (Wildman–Crippen MR) is 124 cm³/mol. The zero-order chi connectivity index (χ0) is 22.1. The highest BCUT2D eigenvalue weighted by Crippen LogP contribution is 2.60. The number of rotatable bonds is 6. The van der Waals surface area contributed by atoms with E-state index in [2.05, 4.69) is 32.6 Å². The average Bonchev–Trinajstić information content (AvgIpc) is 3.00. The first kappa shape index (κ1) is 23.8. The Morgan fingerprint density at radius 3 is 2.67 bits per heavy atom. The van der Waals surface area contributed by atoms with E-state index in [1.54, 1.807) is 5.57 Å². The molecule has 3 fully saturated rings. The molecular formula is C27H44O3. The fourth-order valence-electron chi connectivity index (χ4n) is 6.74. The maximum Gasteiger partial charge on any atom is 0.0811 e. The second-order valence-corrected chi connectivity index (χ2v) is 11.3. The lowest BCUT2D eigenvalue weighted by Gasteiger charge is -2.44. The van der Waals surface area contributed by atoms with Crippen LogP contribution in [0.3, 0.4) is 0 Å². The van der Waals surface area contributed by atoms with Gasteiger partial charge >= 0.3 is 0 Å². The highest BCUT2D eigenvalue weighted by Gasteiger charge is 2.50. The molecule has 0 amide bonds. The Morgan fingerprint density at radius 2 is 1.97 bits per heavy atom. The van der Waals surface area contributed by atoms with E-state index in [4.69, 9.17) is 0 Å². The van der Waals surface area contributed by atoms with Crippen molar-refractivity contribution in [3.8, 4) is 0 Å². The summed E-state index contributed by atoms with van der Waals surface area (Å²) in [5.74, 6) is 2.11. The summed E-state index contributed by atoms with van der Waals surface area (Å²) in [6.07, 6.45) is 13.9. The number of fused-ring (bicyclic) bond motifs is 1. The normalized spacial score (nSPS) is 38.8. The van der Waals surface area contributed by atoms with Gasteiger partial charge < -0.3 is 15.3 Å². The number of hydrogen-bond acceptors (Lipinski definition) is 3. The summed E-state index contributed by atoms with van der Waals surface area (Å²) in [4.78, 5) is 0. The van der Waals surface area contributed by atoms with Gasteiger partial charge in [-0.05, 0) is 93.1 Å². The molecule has 0 heterocycles. The van der Waals surface area contributed by atoms with Crippen molar-refractivity contribution in [2.45, 2.75) is 110 Å². The van der Waals surface area contributed by atoms with E-state index < -0.39 is 17.8 Å². The van der Waals surface area contributed by atoms with Crippen molar-refractivity contribution in [1.29, 1.82) is 0 Å². The van der Waals surface area contributed by atoms with Gasteiger partial charge in [-0.15, -0.1) is 0 Å². The topological polar surface area (TPSA) is 60.7 Å². The van der Waals surface area contributed by atoms with Gasteiger partial charge in [-0.25, -0.2) is 0 Å². The van der Waals surface area contributed by atoms with Gasteiger partial charge in [0, 0.05) is 6.42 Å². The van der Waals surface area contributed by atoms with Crippen LogP contribution in [-0.4, -0.2) is 33.1 Å². The van der Waals surface area contributed by atoms with Crippen LogP contribution >= 0.6 is 0 Å². The van der Waals surface area contributed by atoms with Gasteiger partial charge in [0.25, 0.3) is 0 Å². The van der Waals surface area contributed by atoms with Crippen molar-refractivity contribution in [2.24, 2.45) is 23.2 Å². The Balaban J connectivity index is 1.70. The summed E-state index contributed by atoms with van der Waals surface area (Å²) in [7, 11) is 0. The molecule has 0 saturated heterocycles. The van der Waals surface area contributed by atoms with Crippen LogP contribution in [0.15, 0.2) is 35.5 Å². The molecule has 30 heavy (non-hydrogen) atoms. The van der Waals surface area contributed by atoms with Crippen molar-refractivity contribution in [2.75, 3.05) is 0 Å². The highest BCUT2D eigenvalue weighted by atomic mass is 16.3. The summed E-state index contributed by atoms with van der Waals surface area (Å²) in [6, 6.07) is 0. The summed E-state index contributed by atoms with van der Waals surface area (Å²) in [5.41, 5.74) is 3.17. The minimum Gasteiger partial charge on any atom is -0.393 e. The molecule has 3 aliphatic rings. The molecule has 0 aliphatic heterocycles. The van der Waals surface area contributed by atoms with E-state index in [-0.39, 0.29) is 0 Å². The van der Waals surface area contributed by atoms with Gasteiger partial charge in [0.1, 0.15) is 0 Å². The van der Waals surface area contributed by atoms with E-state index in [9.17, 15) is 15.3 Å². The fraction of sp³-hybridized carbons (Fsp3) is 0.778. The van der Waals surface area contributed by atoms with Gasteiger partial charge in [-0.1, -0.05) is 51.0 Å². The third-order valence-corrected chi connectivity index (χ3v) is 8.44. The largest absolute Gasteiger partial charge is 0.393 e. The van der Waals surface area contributed by atoms with Gasteiger partial charge in [-0.3, -0.25) is 0 Å². The fourth-order valence-corrected chi connectivity index (χ4v) is 6.74. The lowest BCUT2D eigenvalue weighted by atomic mass is 9.60. The molecule has 3 heteroatoms. The minimum atomic E-state index is -0.615. The first-order valence-corrected chi connectivity index (χ1v) is 12.2. The van der Waals surface area contributed by atoms with E-state index >= 15 is 0 Å². The monoisotopic (exact) mass is 416 g/mol. The molecule has 170 valence electrons. The first-order chi connectivity index (χ1) is 14.0. The summed E-state index contributed by atoms with van der Waals surface area (Å²) < 4.78 is 0. The minimum absolute atomic E-state index is 0.374. The maximum atomic E-state index is 10.1. The number of aliphatic hydroxyl groups is 3. The van der Waals surface area contributed by atoms with Crippen LogP contribution in [0.1, 0.15) is 91.9 Å². The average molecular weight is 417 g/mol. The first-order valence-electron chi connectivity index (χ1n) is 12.2. The SMILES string of the molecule is C=C1C(=CC=C2CCC[C@@]3(C)[C@@H]2CC[C@@H]3[C@H](C)CCCC(C)(C)O)C[C@@H](O)C[C@@H]1O. The standard InChI is InChI=1S/C27H44O3/c1-18(8-6-14-26(3,4)30)23-12-13-24-20(9-7-15-27(23,24)5)10-11-21-16-22(28)17-25(29)19(21)2/h10-11,18,22-25,28-30H,2,6-9,12-17H2,1,3-5H3/t18-,22-,23-,24-,25+,27-/m1/s1. The molecule has 0 aromatic carbocycles. The Bertz CT molecular complexity index is 683. The summed E-state index contributed by atoms with van der Waals surface area (Å²) in [6.45, 7) is 12.8. The molecule has 3 aliphatic carbocycles. The third kappa shape index (κ3) is 5.29. The molecule has 0 aromatic rings. The third-order valence-electron chi connectivity index (χ3n) is 8.44. The van der Waals surface area contributed by atoms with E-state index in [0.29, 0.717) is 30.1 Å². The van der Waals surface area contributed by atoms with Crippen molar-refractivity contribution < 1.29 is 15.3 Å². The molecule has 3 N–H and O–H groups in total. The van der Waals surface area contributed by atoms with Crippen molar-refractivity contribution in [1.82, 2.24) is 0 Å². The molecule has 3 nitrogen and oxygen atoms in total. The molecule has 0 radical (unpaired) electrons. The molecule has 3 saturated carbocycles. The molecule has 0 aromatic heterocycles. The van der Waals surface area contributed by atoms with Gasteiger partial charge in [0.2, 0.25) is 0 Å². The second-order valence-electron chi connectivity index (χ2n) is 11.3. The smallest absolute Gasteiger partial charge is 0.0811 e. The van der Waals surface area contributed by atoms with E-state index in [1.165, 1.54) is 38.5 Å². The van der Waals surface area contributed by atoms with Gasteiger partial charge in [0.15, 0.2) is 0 Å². The Labute approximate surface area is 184 Å². The van der Waals surface area contributed by atoms with Gasteiger partial charge in [0.05, 0.1) is 17.8 Å². The lowest BCUT2D eigenvalue weighted by molar-refractivity contribution is 0.0596. The molecular weight excluding hydrogens is 372 g/mol. The summed E-state index contributed by atoms with van der Waals surface area (Å²) >= 11 is 0. The van der Waals surface area contributed by atoms with Gasteiger partial charge in [-0.2, -0.15) is 0 Å². The van der Waals surface area contributed by atoms with Crippen molar-refractivity contribution in [3.63, 3.8) is 0 Å². The molecule has 0 spiro atoms. The summed E-state index contributed by atoms with van der Waals surface area (Å²) in [5, 5.41) is 30.2. The van der Waals surface area contributed by atoms with E-state index in [1.807, 2.05) is 13.8 Å². The lowest BCUT2D eigenvalue weighted by Crippen LogP contribution is -2.36. The molecule has 0 bridgehead atoms. The maximum absolute atomic E-state index is 10.1. The van der Waals surface area contributed by atoms with Crippen LogP contribution in [0.5, 0.6) is 0 Å². The zero-order valence-electron chi connectivity index (χ0n) is 19.7. The van der Waals surface area contributed by atoms with Crippen LogP contribution in [0, 0.1) is 23.2 Å². The zero-order valence-corrected chi connectivity index (χ0v) is 19.7. The van der Waals surface area contributed by atoms with Crippen LogP contribution < -0.4 is 0 Å². The van der Waals surface area contributed by atoms with E-state index in [0.717, 1.165) is 29.9 Å². The number of aliphatic hydroxyl groups excluding tert-OH is 2. The van der Waals surface area contributed by atoms with Crippen LogP contribution in [-0.2, 0) is 0 Å². The molecule has 6 atom stereocenters. The van der Waals surface area contributed by atoms with Crippen molar-refractivity contribution in [3.05, 3.63) is 35.5 Å². The second kappa shape index (κ2) is 9.30. The molecule has 0 unspecified atom stereocenters.